The first-order valence-electron chi connectivity index (χ1n) is 11.6. The zero-order chi connectivity index (χ0) is 23.7. The molecule has 0 unspecified atom stereocenters. The van der Waals surface area contributed by atoms with Gasteiger partial charge in [0, 0.05) is 40.6 Å². The number of dihydropyridines is 1. The molecule has 1 N–H and O–H groups in total. The summed E-state index contributed by atoms with van der Waals surface area (Å²) in [6.07, 6.45) is 1.78. The molecule has 0 radical (unpaired) electrons. The molecule has 3 heterocycles. The lowest BCUT2D eigenvalue weighted by molar-refractivity contribution is -0.139. The molecule has 2 aromatic heterocycles. The van der Waals surface area contributed by atoms with Crippen molar-refractivity contribution in [2.45, 2.75) is 44.9 Å². The van der Waals surface area contributed by atoms with E-state index in [1.165, 1.54) is 4.88 Å². The summed E-state index contributed by atoms with van der Waals surface area (Å²) in [5.41, 5.74) is 3.77. The molecular formula is C28H27NO4S. The number of thiophene rings is 1. The Morgan fingerprint density at radius 3 is 2.62 bits per heavy atom. The topological polar surface area (TPSA) is 68.5 Å². The fraction of sp³-hybridized carbons (Fsp3) is 0.286. The van der Waals surface area contributed by atoms with Crippen molar-refractivity contribution in [2.75, 3.05) is 6.61 Å². The van der Waals surface area contributed by atoms with Gasteiger partial charge in [-0.15, -0.1) is 11.3 Å². The average molecular weight is 474 g/mol. The zero-order valence-electron chi connectivity index (χ0n) is 19.3. The number of carbonyl (C=O) groups excluding carboxylic acids is 2. The Hall–Kier alpha value is -3.38. The molecule has 0 saturated heterocycles. The number of furan rings is 1. The highest BCUT2D eigenvalue weighted by Crippen LogP contribution is 2.46. The van der Waals surface area contributed by atoms with E-state index in [0.717, 1.165) is 23.4 Å². The molecule has 0 spiro atoms. The van der Waals surface area contributed by atoms with Crippen LogP contribution < -0.4 is 5.32 Å². The van der Waals surface area contributed by atoms with Crippen molar-refractivity contribution < 1.29 is 18.7 Å². The van der Waals surface area contributed by atoms with Gasteiger partial charge in [-0.05, 0) is 49.4 Å². The number of carbonyl (C=O) groups is 2. The summed E-state index contributed by atoms with van der Waals surface area (Å²) in [6.45, 7) is 4.01. The Kier molecular flexibility index (Phi) is 6.24. The van der Waals surface area contributed by atoms with E-state index in [1.54, 1.807) is 11.3 Å². The van der Waals surface area contributed by atoms with Gasteiger partial charge in [0.1, 0.15) is 11.5 Å². The highest BCUT2D eigenvalue weighted by Gasteiger charge is 2.42. The van der Waals surface area contributed by atoms with E-state index in [0.29, 0.717) is 35.4 Å². The maximum absolute atomic E-state index is 13.5. The van der Waals surface area contributed by atoms with E-state index in [1.807, 2.05) is 67.8 Å². The van der Waals surface area contributed by atoms with Gasteiger partial charge in [0.2, 0.25) is 0 Å². The smallest absolute Gasteiger partial charge is 0.336 e. The molecule has 6 heteroatoms. The maximum atomic E-state index is 13.5. The molecule has 1 aliphatic carbocycles. The van der Waals surface area contributed by atoms with Crippen LogP contribution in [0.3, 0.4) is 0 Å². The molecule has 0 bridgehead atoms. The third-order valence-corrected chi connectivity index (χ3v) is 7.54. The molecule has 3 aromatic rings. The van der Waals surface area contributed by atoms with Crippen molar-refractivity contribution in [3.63, 3.8) is 0 Å². The van der Waals surface area contributed by atoms with Crippen molar-refractivity contribution in [1.82, 2.24) is 5.32 Å². The monoisotopic (exact) mass is 473 g/mol. The van der Waals surface area contributed by atoms with Crippen molar-refractivity contribution in [1.29, 1.82) is 0 Å². The Bertz CT molecular complexity index is 1270. The van der Waals surface area contributed by atoms with Crippen LogP contribution in [0.4, 0.5) is 0 Å². The normalized spacial score (nSPS) is 20.2. The van der Waals surface area contributed by atoms with Gasteiger partial charge in [-0.2, -0.15) is 0 Å². The summed E-state index contributed by atoms with van der Waals surface area (Å²) < 4.78 is 11.7. The number of ether oxygens (including phenoxy) is 1. The van der Waals surface area contributed by atoms with Crippen LogP contribution in [0.25, 0.3) is 0 Å². The molecule has 0 fully saturated rings. The summed E-state index contributed by atoms with van der Waals surface area (Å²) in [5, 5.41) is 5.43. The van der Waals surface area contributed by atoms with Gasteiger partial charge in [0.05, 0.1) is 18.1 Å². The molecule has 2 atom stereocenters. The van der Waals surface area contributed by atoms with Gasteiger partial charge in [-0.25, -0.2) is 4.79 Å². The van der Waals surface area contributed by atoms with Crippen LogP contribution in [0.15, 0.2) is 86.9 Å². The zero-order valence-corrected chi connectivity index (χ0v) is 20.1. The predicted octanol–water partition coefficient (Wildman–Crippen LogP) is 5.80. The van der Waals surface area contributed by atoms with Crippen LogP contribution in [0.2, 0.25) is 0 Å². The number of esters is 1. The average Bonchev–Trinajstić information content (AvgIpc) is 3.51. The molecule has 34 heavy (non-hydrogen) atoms. The quantitative estimate of drug-likeness (QED) is 0.459. The molecule has 5 rings (SSSR count). The molecule has 174 valence electrons. The highest BCUT2D eigenvalue weighted by atomic mass is 32.1. The lowest BCUT2D eigenvalue weighted by atomic mass is 9.74. The van der Waals surface area contributed by atoms with Gasteiger partial charge in [0.25, 0.3) is 0 Å². The highest BCUT2D eigenvalue weighted by molar-refractivity contribution is 7.10. The van der Waals surface area contributed by atoms with Crippen LogP contribution in [-0.2, 0) is 20.7 Å². The Balaban J connectivity index is 1.44. The molecular weight excluding hydrogens is 446 g/mol. The van der Waals surface area contributed by atoms with Crippen LogP contribution in [0, 0.1) is 6.92 Å². The molecule has 1 aliphatic heterocycles. The minimum Gasteiger partial charge on any atom is -0.465 e. The van der Waals surface area contributed by atoms with Gasteiger partial charge in [0.15, 0.2) is 5.78 Å². The third-order valence-electron chi connectivity index (χ3n) is 6.51. The number of hydrogen-bond acceptors (Lipinski definition) is 6. The number of ketones is 1. The van der Waals surface area contributed by atoms with E-state index in [-0.39, 0.29) is 18.3 Å². The minimum atomic E-state index is -0.564. The number of benzene rings is 1. The van der Waals surface area contributed by atoms with E-state index in [9.17, 15) is 9.59 Å². The predicted molar refractivity (Wildman–Crippen MR) is 131 cm³/mol. The fourth-order valence-electron chi connectivity index (χ4n) is 4.91. The SMILES string of the molecule is CC1=C(C(=O)OCCc2ccccc2)[C@@H](c2ccc(C)o2)C2=C(C[C@H](c3cccs3)CC2=O)N1. The molecule has 0 saturated carbocycles. The van der Waals surface area contributed by atoms with E-state index >= 15 is 0 Å². The van der Waals surface area contributed by atoms with Gasteiger partial charge in [-0.3, -0.25) is 4.79 Å². The fourth-order valence-corrected chi connectivity index (χ4v) is 5.74. The number of allylic oxidation sites excluding steroid dienone is 3. The van der Waals surface area contributed by atoms with Gasteiger partial charge >= 0.3 is 5.97 Å². The van der Waals surface area contributed by atoms with E-state index < -0.39 is 11.9 Å². The van der Waals surface area contributed by atoms with Crippen molar-refractivity contribution >= 4 is 23.1 Å². The summed E-state index contributed by atoms with van der Waals surface area (Å²) in [7, 11) is 0. The standard InChI is InChI=1S/C28H27NO4S/c1-17-10-11-23(33-17)27-25(28(31)32-13-12-19-7-4-3-5-8-19)18(2)29-21-15-20(16-22(30)26(21)27)24-9-6-14-34-24/h3-11,14,20,27,29H,12-13,15-16H2,1-2H3/t20-,27+/m0/s1. The first kappa shape index (κ1) is 22.4. The second-order valence-electron chi connectivity index (χ2n) is 8.85. The first-order valence-corrected chi connectivity index (χ1v) is 12.4. The van der Waals surface area contributed by atoms with Crippen molar-refractivity contribution in [3.05, 3.63) is 104 Å². The number of Topliss-reactive ketones (excluding diaryl/α,β-unsaturated/α-hetero) is 1. The lowest BCUT2D eigenvalue weighted by Gasteiger charge is -2.35. The first-order chi connectivity index (χ1) is 16.5. The third kappa shape index (κ3) is 4.38. The number of aryl methyl sites for hydroxylation is 1. The lowest BCUT2D eigenvalue weighted by Crippen LogP contribution is -2.36. The van der Waals surface area contributed by atoms with Crippen LogP contribution >= 0.6 is 11.3 Å². The van der Waals surface area contributed by atoms with Crippen molar-refractivity contribution in [2.24, 2.45) is 0 Å². The second-order valence-corrected chi connectivity index (χ2v) is 9.83. The van der Waals surface area contributed by atoms with Crippen LogP contribution in [0.1, 0.15) is 53.6 Å². The summed E-state index contributed by atoms with van der Waals surface area (Å²) in [4.78, 5) is 28.0. The van der Waals surface area contributed by atoms with Crippen LogP contribution in [-0.4, -0.2) is 18.4 Å². The van der Waals surface area contributed by atoms with Crippen LogP contribution in [0.5, 0.6) is 0 Å². The number of hydrogen-bond donors (Lipinski definition) is 1. The van der Waals surface area contributed by atoms with Gasteiger partial charge in [-0.1, -0.05) is 36.4 Å². The number of nitrogens with one attached hydrogen (secondary N) is 1. The molecule has 2 aliphatic rings. The van der Waals surface area contributed by atoms with E-state index in [4.69, 9.17) is 9.15 Å². The van der Waals surface area contributed by atoms with E-state index in [2.05, 4.69) is 11.4 Å². The Morgan fingerprint density at radius 1 is 1.09 bits per heavy atom. The van der Waals surface area contributed by atoms with Crippen molar-refractivity contribution in [3.8, 4) is 0 Å². The molecule has 5 nitrogen and oxygen atoms in total. The van der Waals surface area contributed by atoms with Gasteiger partial charge < -0.3 is 14.5 Å². The summed E-state index contributed by atoms with van der Waals surface area (Å²) in [6, 6.07) is 17.8. The Labute approximate surface area is 203 Å². The number of rotatable bonds is 6. The summed E-state index contributed by atoms with van der Waals surface area (Å²) in [5.74, 6) is 0.553. The maximum Gasteiger partial charge on any atom is 0.336 e. The summed E-state index contributed by atoms with van der Waals surface area (Å²) >= 11 is 1.68. The molecule has 1 aromatic carbocycles. The largest absolute Gasteiger partial charge is 0.465 e. The molecule has 0 amide bonds. The minimum absolute atomic E-state index is 0.0493. The Morgan fingerprint density at radius 2 is 1.91 bits per heavy atom. The second kappa shape index (κ2) is 9.47.